The molecule has 0 aliphatic carbocycles. The predicted octanol–water partition coefficient (Wildman–Crippen LogP) is 3.55. The molecule has 0 aromatic heterocycles. The van der Waals surface area contributed by atoms with Gasteiger partial charge in [0.1, 0.15) is 6.10 Å². The molecule has 0 fully saturated rings. The molecule has 0 spiro atoms. The molecule has 0 radical (unpaired) electrons. The standard InChI is InChI=1S/C15H22O2/c1-5-14(16)15(17-4)13-8-6-12(7-9-13)10-11(2)3/h6-9,11,15H,5,10H2,1-4H3. The lowest BCUT2D eigenvalue weighted by atomic mass is 9.98. The van der Waals surface area contributed by atoms with E-state index in [0.29, 0.717) is 12.3 Å². The molecular formula is C15H22O2. The first-order valence-corrected chi connectivity index (χ1v) is 6.22. The Hall–Kier alpha value is -1.15. The van der Waals surface area contributed by atoms with E-state index < -0.39 is 6.10 Å². The first kappa shape index (κ1) is 13.9. The van der Waals surface area contributed by atoms with Crippen molar-refractivity contribution < 1.29 is 9.53 Å². The maximum Gasteiger partial charge on any atom is 0.165 e. The van der Waals surface area contributed by atoms with E-state index >= 15 is 0 Å². The zero-order chi connectivity index (χ0) is 12.8. The van der Waals surface area contributed by atoms with Crippen LogP contribution in [0.3, 0.4) is 0 Å². The first-order valence-electron chi connectivity index (χ1n) is 6.22. The topological polar surface area (TPSA) is 26.3 Å². The summed E-state index contributed by atoms with van der Waals surface area (Å²) < 4.78 is 5.26. The SMILES string of the molecule is CCC(=O)C(OC)c1ccc(CC(C)C)cc1. The fraction of sp³-hybridized carbons (Fsp3) is 0.533. The number of Topliss-reactive ketones (excluding diaryl/α,β-unsaturated/α-hetero) is 1. The molecule has 0 amide bonds. The Balaban J connectivity index is 2.81. The van der Waals surface area contributed by atoms with E-state index in [0.717, 1.165) is 12.0 Å². The first-order chi connectivity index (χ1) is 8.08. The summed E-state index contributed by atoms with van der Waals surface area (Å²) in [6.07, 6.45) is 1.17. The van der Waals surface area contributed by atoms with Crippen molar-refractivity contribution in [2.75, 3.05) is 7.11 Å². The van der Waals surface area contributed by atoms with Crippen LogP contribution in [0.5, 0.6) is 0 Å². The van der Waals surface area contributed by atoms with Crippen LogP contribution in [0.15, 0.2) is 24.3 Å². The van der Waals surface area contributed by atoms with Gasteiger partial charge in [-0.05, 0) is 23.5 Å². The largest absolute Gasteiger partial charge is 0.369 e. The lowest BCUT2D eigenvalue weighted by molar-refractivity contribution is -0.128. The average molecular weight is 234 g/mol. The highest BCUT2D eigenvalue weighted by atomic mass is 16.5. The lowest BCUT2D eigenvalue weighted by Crippen LogP contribution is -2.13. The number of carbonyl (C=O) groups is 1. The summed E-state index contributed by atoms with van der Waals surface area (Å²) in [5.74, 6) is 0.778. The number of hydrogen-bond acceptors (Lipinski definition) is 2. The third-order valence-electron chi connectivity index (χ3n) is 2.80. The van der Waals surface area contributed by atoms with Crippen LogP contribution in [0.25, 0.3) is 0 Å². The summed E-state index contributed by atoms with van der Waals surface area (Å²) in [5.41, 5.74) is 2.26. The number of benzene rings is 1. The van der Waals surface area contributed by atoms with Gasteiger partial charge in [0.25, 0.3) is 0 Å². The molecule has 0 N–H and O–H groups in total. The van der Waals surface area contributed by atoms with Crippen LogP contribution in [0.1, 0.15) is 44.4 Å². The number of ketones is 1. The monoisotopic (exact) mass is 234 g/mol. The van der Waals surface area contributed by atoms with E-state index in [9.17, 15) is 4.79 Å². The highest BCUT2D eigenvalue weighted by molar-refractivity contribution is 5.84. The quantitative estimate of drug-likeness (QED) is 0.752. The number of rotatable bonds is 6. The summed E-state index contributed by atoms with van der Waals surface area (Å²) in [5, 5.41) is 0. The molecule has 1 atom stereocenters. The van der Waals surface area contributed by atoms with Crippen LogP contribution in [0.2, 0.25) is 0 Å². The van der Waals surface area contributed by atoms with E-state index in [-0.39, 0.29) is 5.78 Å². The van der Waals surface area contributed by atoms with Crippen LogP contribution >= 0.6 is 0 Å². The van der Waals surface area contributed by atoms with E-state index in [4.69, 9.17) is 4.74 Å². The Kier molecular flexibility index (Phi) is 5.36. The molecule has 1 aromatic carbocycles. The van der Waals surface area contributed by atoms with Crippen molar-refractivity contribution in [3.63, 3.8) is 0 Å². The normalized spacial score (nSPS) is 12.8. The Morgan fingerprint density at radius 2 is 1.82 bits per heavy atom. The number of methoxy groups -OCH3 is 1. The fourth-order valence-electron chi connectivity index (χ4n) is 1.94. The second kappa shape index (κ2) is 6.55. The molecule has 0 saturated heterocycles. The summed E-state index contributed by atoms with van der Waals surface area (Å²) >= 11 is 0. The zero-order valence-corrected chi connectivity index (χ0v) is 11.2. The summed E-state index contributed by atoms with van der Waals surface area (Å²) in [7, 11) is 1.58. The van der Waals surface area contributed by atoms with Gasteiger partial charge in [0.2, 0.25) is 0 Å². The Morgan fingerprint density at radius 1 is 1.24 bits per heavy atom. The second-order valence-corrected chi connectivity index (χ2v) is 4.78. The van der Waals surface area contributed by atoms with Crippen molar-refractivity contribution >= 4 is 5.78 Å². The minimum absolute atomic E-state index is 0.129. The van der Waals surface area contributed by atoms with Crippen LogP contribution in [0.4, 0.5) is 0 Å². The fourth-order valence-corrected chi connectivity index (χ4v) is 1.94. The van der Waals surface area contributed by atoms with Crippen LogP contribution in [0, 0.1) is 5.92 Å². The number of carbonyl (C=O) groups excluding carboxylic acids is 1. The molecule has 0 aliphatic rings. The molecule has 1 rings (SSSR count). The van der Waals surface area contributed by atoms with Gasteiger partial charge in [-0.3, -0.25) is 4.79 Å². The number of ether oxygens (including phenoxy) is 1. The average Bonchev–Trinajstić information content (AvgIpc) is 2.31. The Labute approximate surface area is 104 Å². The summed E-state index contributed by atoms with van der Waals surface area (Å²) in [6.45, 7) is 6.26. The third-order valence-corrected chi connectivity index (χ3v) is 2.80. The van der Waals surface area contributed by atoms with Gasteiger partial charge in [0.05, 0.1) is 0 Å². The molecule has 0 bridgehead atoms. The van der Waals surface area contributed by atoms with Gasteiger partial charge >= 0.3 is 0 Å². The van der Waals surface area contributed by atoms with E-state index in [2.05, 4.69) is 26.0 Å². The second-order valence-electron chi connectivity index (χ2n) is 4.78. The van der Waals surface area contributed by atoms with Crippen molar-refractivity contribution in [2.45, 2.75) is 39.7 Å². The molecule has 2 nitrogen and oxygen atoms in total. The van der Waals surface area contributed by atoms with Crippen LogP contribution < -0.4 is 0 Å². The van der Waals surface area contributed by atoms with Crippen molar-refractivity contribution in [1.82, 2.24) is 0 Å². The minimum atomic E-state index is -0.409. The molecule has 94 valence electrons. The van der Waals surface area contributed by atoms with Gasteiger partial charge in [0, 0.05) is 13.5 Å². The van der Waals surface area contributed by atoms with Crippen LogP contribution in [-0.4, -0.2) is 12.9 Å². The van der Waals surface area contributed by atoms with Gasteiger partial charge < -0.3 is 4.74 Å². The molecule has 0 saturated carbocycles. The summed E-state index contributed by atoms with van der Waals surface area (Å²) in [4.78, 5) is 11.7. The Morgan fingerprint density at radius 3 is 2.24 bits per heavy atom. The van der Waals surface area contributed by atoms with Gasteiger partial charge in [0.15, 0.2) is 5.78 Å². The van der Waals surface area contributed by atoms with E-state index in [1.807, 2.05) is 19.1 Å². The predicted molar refractivity (Wildman–Crippen MR) is 70.0 cm³/mol. The van der Waals surface area contributed by atoms with Crippen molar-refractivity contribution in [2.24, 2.45) is 5.92 Å². The van der Waals surface area contributed by atoms with E-state index in [1.54, 1.807) is 7.11 Å². The highest BCUT2D eigenvalue weighted by Crippen LogP contribution is 2.20. The third kappa shape index (κ3) is 3.97. The molecule has 2 heteroatoms. The molecule has 1 unspecified atom stereocenters. The van der Waals surface area contributed by atoms with Gasteiger partial charge in [-0.2, -0.15) is 0 Å². The van der Waals surface area contributed by atoms with Crippen LogP contribution in [-0.2, 0) is 16.0 Å². The smallest absolute Gasteiger partial charge is 0.165 e. The van der Waals surface area contributed by atoms with Crippen molar-refractivity contribution in [1.29, 1.82) is 0 Å². The maximum absolute atomic E-state index is 11.7. The Bertz CT molecular complexity index is 352. The molecular weight excluding hydrogens is 212 g/mol. The molecule has 0 heterocycles. The van der Waals surface area contributed by atoms with Gasteiger partial charge in [-0.15, -0.1) is 0 Å². The molecule has 1 aromatic rings. The lowest BCUT2D eigenvalue weighted by Gasteiger charge is -2.14. The van der Waals surface area contributed by atoms with E-state index in [1.165, 1.54) is 5.56 Å². The number of hydrogen-bond donors (Lipinski definition) is 0. The summed E-state index contributed by atoms with van der Waals surface area (Å²) in [6, 6.07) is 8.17. The van der Waals surface area contributed by atoms with Crippen molar-refractivity contribution in [3.05, 3.63) is 35.4 Å². The highest BCUT2D eigenvalue weighted by Gasteiger charge is 2.17. The zero-order valence-electron chi connectivity index (χ0n) is 11.2. The molecule has 17 heavy (non-hydrogen) atoms. The van der Waals surface area contributed by atoms with Gasteiger partial charge in [-0.1, -0.05) is 45.0 Å². The van der Waals surface area contributed by atoms with Gasteiger partial charge in [-0.25, -0.2) is 0 Å². The molecule has 0 aliphatic heterocycles. The van der Waals surface area contributed by atoms with Crippen molar-refractivity contribution in [3.8, 4) is 0 Å². The maximum atomic E-state index is 11.7. The minimum Gasteiger partial charge on any atom is -0.369 e.